The van der Waals surface area contributed by atoms with E-state index in [9.17, 15) is 4.79 Å². The molecule has 1 saturated heterocycles. The number of nitrogens with zero attached hydrogens (tertiary/aromatic N) is 4. The fraction of sp³-hybridized carbons (Fsp3) is 0.500. The Hall–Kier alpha value is -1.79. The largest absolute Gasteiger partial charge is 0.311 e. The Morgan fingerprint density at radius 2 is 2.00 bits per heavy atom. The summed E-state index contributed by atoms with van der Waals surface area (Å²) in [6, 6.07) is 8.25. The van der Waals surface area contributed by atoms with Gasteiger partial charge in [-0.05, 0) is 50.9 Å². The molecule has 0 atom stereocenters. The average Bonchev–Trinajstić information content (AvgIpc) is 3.22. The van der Waals surface area contributed by atoms with Gasteiger partial charge in [-0.2, -0.15) is 0 Å². The van der Waals surface area contributed by atoms with Crippen molar-refractivity contribution >= 4 is 22.9 Å². The van der Waals surface area contributed by atoms with Gasteiger partial charge in [0.05, 0.1) is 6.54 Å². The van der Waals surface area contributed by atoms with E-state index in [-0.39, 0.29) is 5.91 Å². The Morgan fingerprint density at radius 3 is 2.75 bits per heavy atom. The van der Waals surface area contributed by atoms with Crippen LogP contribution in [0, 0.1) is 6.92 Å². The highest BCUT2D eigenvalue weighted by Gasteiger charge is 2.28. The maximum atomic E-state index is 12.7. The summed E-state index contributed by atoms with van der Waals surface area (Å²) in [6.07, 6.45) is 3.11. The van der Waals surface area contributed by atoms with Crippen molar-refractivity contribution in [1.82, 2.24) is 15.1 Å². The highest BCUT2D eigenvalue weighted by molar-refractivity contribution is 7.11. The van der Waals surface area contributed by atoms with Crippen molar-refractivity contribution in [3.05, 3.63) is 39.8 Å². The lowest BCUT2D eigenvalue weighted by Gasteiger charge is -2.31. The molecular weight excluding hydrogens is 320 g/mol. The topological polar surface area (TPSA) is 49.3 Å². The number of rotatable bonds is 3. The minimum Gasteiger partial charge on any atom is -0.311 e. The van der Waals surface area contributed by atoms with Gasteiger partial charge in [0.1, 0.15) is 10.0 Å². The van der Waals surface area contributed by atoms with Crippen molar-refractivity contribution in [1.29, 1.82) is 0 Å². The van der Waals surface area contributed by atoms with Gasteiger partial charge in [0.25, 0.3) is 0 Å². The number of likely N-dealkylation sites (tertiary alicyclic amines) is 1. The molecule has 2 aliphatic heterocycles. The van der Waals surface area contributed by atoms with Gasteiger partial charge < -0.3 is 4.90 Å². The Morgan fingerprint density at radius 1 is 1.21 bits per heavy atom. The molecule has 0 N–H and O–H groups in total. The summed E-state index contributed by atoms with van der Waals surface area (Å²) in [4.78, 5) is 16.9. The van der Waals surface area contributed by atoms with Crippen LogP contribution in [0.4, 0.5) is 5.69 Å². The molecular formula is C18H22N4OS. The molecule has 1 aromatic heterocycles. The van der Waals surface area contributed by atoms with E-state index in [0.29, 0.717) is 12.5 Å². The lowest BCUT2D eigenvalue weighted by molar-refractivity contribution is -0.119. The van der Waals surface area contributed by atoms with Crippen molar-refractivity contribution in [2.24, 2.45) is 0 Å². The van der Waals surface area contributed by atoms with Gasteiger partial charge in [0.2, 0.25) is 5.91 Å². The third kappa shape index (κ3) is 3.08. The summed E-state index contributed by atoms with van der Waals surface area (Å²) in [5.41, 5.74) is 2.39. The van der Waals surface area contributed by atoms with Gasteiger partial charge in [-0.15, -0.1) is 21.5 Å². The smallest absolute Gasteiger partial charge is 0.241 e. The van der Waals surface area contributed by atoms with Gasteiger partial charge in [0.15, 0.2) is 0 Å². The molecule has 1 aromatic carbocycles. The number of aromatic nitrogens is 2. The third-order valence-corrected chi connectivity index (χ3v) is 6.03. The highest BCUT2D eigenvalue weighted by atomic mass is 32.1. The number of amides is 1. The second-order valence-electron chi connectivity index (χ2n) is 6.63. The van der Waals surface area contributed by atoms with E-state index in [2.05, 4.69) is 27.2 Å². The van der Waals surface area contributed by atoms with E-state index in [0.717, 1.165) is 54.6 Å². The molecule has 0 bridgehead atoms. The third-order valence-electron chi connectivity index (χ3n) is 5.03. The summed E-state index contributed by atoms with van der Waals surface area (Å²) >= 11 is 1.71. The van der Waals surface area contributed by atoms with Gasteiger partial charge in [-0.3, -0.25) is 9.69 Å². The van der Waals surface area contributed by atoms with Crippen molar-refractivity contribution in [3.8, 4) is 0 Å². The number of carbonyl (C=O) groups is 1. The Balaban J connectivity index is 1.33. The average molecular weight is 342 g/mol. The number of piperidine rings is 1. The molecule has 0 radical (unpaired) electrons. The van der Waals surface area contributed by atoms with Crippen molar-refractivity contribution < 1.29 is 4.79 Å². The van der Waals surface area contributed by atoms with Crippen LogP contribution in [0.5, 0.6) is 0 Å². The number of anilines is 1. The molecule has 0 unspecified atom stereocenters. The molecule has 4 rings (SSSR count). The highest BCUT2D eigenvalue weighted by Crippen LogP contribution is 2.31. The fourth-order valence-corrected chi connectivity index (χ4v) is 4.56. The van der Waals surface area contributed by atoms with E-state index in [1.807, 2.05) is 24.0 Å². The van der Waals surface area contributed by atoms with Crippen LogP contribution in [-0.4, -0.2) is 47.2 Å². The van der Waals surface area contributed by atoms with Crippen LogP contribution in [0.2, 0.25) is 0 Å². The summed E-state index contributed by atoms with van der Waals surface area (Å²) in [6.45, 7) is 5.27. The van der Waals surface area contributed by atoms with Crippen LogP contribution >= 0.6 is 11.3 Å². The van der Waals surface area contributed by atoms with Crippen LogP contribution in [0.15, 0.2) is 24.3 Å². The van der Waals surface area contributed by atoms with Crippen LogP contribution in [0.3, 0.4) is 0 Å². The van der Waals surface area contributed by atoms with E-state index in [1.165, 1.54) is 5.56 Å². The number of carbonyl (C=O) groups excluding carboxylic acids is 1. The number of hydrogen-bond donors (Lipinski definition) is 0. The number of para-hydroxylation sites is 1. The van der Waals surface area contributed by atoms with Gasteiger partial charge >= 0.3 is 0 Å². The number of benzene rings is 1. The first-order chi connectivity index (χ1) is 11.7. The number of hydrogen-bond acceptors (Lipinski definition) is 5. The van der Waals surface area contributed by atoms with Crippen molar-refractivity contribution in [3.63, 3.8) is 0 Å². The molecule has 0 saturated carbocycles. The Labute approximate surface area is 146 Å². The molecule has 2 aliphatic rings. The second-order valence-corrected chi connectivity index (χ2v) is 7.85. The molecule has 1 fully saturated rings. The number of aryl methyl sites for hydroxylation is 1. The van der Waals surface area contributed by atoms with E-state index < -0.39 is 0 Å². The monoisotopic (exact) mass is 342 g/mol. The van der Waals surface area contributed by atoms with E-state index in [1.54, 1.807) is 11.3 Å². The maximum Gasteiger partial charge on any atom is 0.241 e. The summed E-state index contributed by atoms with van der Waals surface area (Å²) in [5, 5.41) is 10.6. The van der Waals surface area contributed by atoms with E-state index >= 15 is 0 Å². The quantitative estimate of drug-likeness (QED) is 0.860. The Kier molecular flexibility index (Phi) is 4.33. The predicted molar refractivity (Wildman–Crippen MR) is 95.6 cm³/mol. The molecule has 1 amide bonds. The first-order valence-corrected chi connectivity index (χ1v) is 9.43. The summed E-state index contributed by atoms with van der Waals surface area (Å²) in [5.74, 6) is 0.736. The zero-order valence-corrected chi connectivity index (χ0v) is 14.8. The molecule has 0 spiro atoms. The normalized spacial score (nSPS) is 18.8. The summed E-state index contributed by atoms with van der Waals surface area (Å²) < 4.78 is 0. The SMILES string of the molecule is Cc1nnc(C2CCN(CC(=O)N3CCc4ccccc43)CC2)s1. The molecule has 0 aliphatic carbocycles. The zero-order valence-electron chi connectivity index (χ0n) is 13.9. The molecule has 2 aromatic rings. The molecule has 5 nitrogen and oxygen atoms in total. The molecule has 24 heavy (non-hydrogen) atoms. The summed E-state index contributed by atoms with van der Waals surface area (Å²) in [7, 11) is 0. The van der Waals surface area contributed by atoms with Gasteiger partial charge in [-0.1, -0.05) is 18.2 Å². The predicted octanol–water partition coefficient (Wildman–Crippen LogP) is 2.62. The van der Waals surface area contributed by atoms with Crippen molar-refractivity contribution in [2.75, 3.05) is 31.1 Å². The lowest BCUT2D eigenvalue weighted by Crippen LogP contribution is -2.42. The second kappa shape index (κ2) is 6.61. The first kappa shape index (κ1) is 15.7. The molecule has 6 heteroatoms. The van der Waals surface area contributed by atoms with Gasteiger partial charge in [-0.25, -0.2) is 0 Å². The van der Waals surface area contributed by atoms with Crippen LogP contribution in [0.25, 0.3) is 0 Å². The minimum absolute atomic E-state index is 0.227. The molecule has 3 heterocycles. The van der Waals surface area contributed by atoms with E-state index in [4.69, 9.17) is 0 Å². The minimum atomic E-state index is 0.227. The van der Waals surface area contributed by atoms with Crippen LogP contribution in [0.1, 0.15) is 34.3 Å². The fourth-order valence-electron chi connectivity index (χ4n) is 3.69. The standard InChI is InChI=1S/C18H22N4OS/c1-13-19-20-18(24-13)15-6-9-21(10-7-15)12-17(23)22-11-8-14-4-2-3-5-16(14)22/h2-5,15H,6-12H2,1H3. The maximum absolute atomic E-state index is 12.7. The van der Waals surface area contributed by atoms with Gasteiger partial charge in [0, 0.05) is 18.2 Å². The molecule has 126 valence electrons. The van der Waals surface area contributed by atoms with Crippen molar-refractivity contribution in [2.45, 2.75) is 32.1 Å². The number of fused-ring (bicyclic) bond motifs is 1. The van der Waals surface area contributed by atoms with Crippen LogP contribution in [-0.2, 0) is 11.2 Å². The van der Waals surface area contributed by atoms with Crippen LogP contribution < -0.4 is 4.90 Å². The lowest BCUT2D eigenvalue weighted by atomic mass is 9.97. The first-order valence-electron chi connectivity index (χ1n) is 8.61. The Bertz CT molecular complexity index is 736. The zero-order chi connectivity index (χ0) is 16.5.